The van der Waals surface area contributed by atoms with Gasteiger partial charge in [0.2, 0.25) is 0 Å². The van der Waals surface area contributed by atoms with Gasteiger partial charge in [0, 0.05) is 14.2 Å². The van der Waals surface area contributed by atoms with Crippen molar-refractivity contribution in [3.63, 3.8) is 0 Å². The molecule has 1 atom stereocenters. The maximum atomic E-state index is 6.19. The van der Waals surface area contributed by atoms with Gasteiger partial charge in [-0.2, -0.15) is 0 Å². The van der Waals surface area contributed by atoms with Crippen molar-refractivity contribution in [3.8, 4) is 5.75 Å². The quantitative estimate of drug-likeness (QED) is 0.667. The average Bonchev–Trinajstić information content (AvgIpc) is 2.51. The first-order valence-corrected chi connectivity index (χ1v) is 8.44. The molecular weight excluding hydrogens is 397 g/mol. The van der Waals surface area contributed by atoms with E-state index in [-0.39, 0.29) is 6.04 Å². The third-order valence-electron chi connectivity index (χ3n) is 3.32. The van der Waals surface area contributed by atoms with Gasteiger partial charge in [-0.05, 0) is 65.4 Å². The SMILES string of the molecule is CCCNC(c1cc(Cl)ccc1I)c1ccccc1OC. The molecule has 4 heteroatoms. The molecule has 2 nitrogen and oxygen atoms in total. The third kappa shape index (κ3) is 4.11. The van der Waals surface area contributed by atoms with E-state index in [0.29, 0.717) is 0 Å². The first-order valence-electron chi connectivity index (χ1n) is 6.98. The molecule has 0 aliphatic carbocycles. The Hall–Kier alpha value is -0.780. The summed E-state index contributed by atoms with van der Waals surface area (Å²) in [5.41, 5.74) is 2.31. The van der Waals surface area contributed by atoms with E-state index in [2.05, 4.69) is 40.9 Å². The molecule has 0 aliphatic heterocycles. The molecule has 0 saturated carbocycles. The summed E-state index contributed by atoms with van der Waals surface area (Å²) in [6.45, 7) is 3.10. The molecule has 0 heterocycles. The number of para-hydroxylation sites is 1. The summed E-state index contributed by atoms with van der Waals surface area (Å²) in [4.78, 5) is 0. The number of hydrogen-bond acceptors (Lipinski definition) is 2. The fourth-order valence-electron chi connectivity index (χ4n) is 2.32. The van der Waals surface area contributed by atoms with Gasteiger partial charge in [-0.1, -0.05) is 36.7 Å². The second-order valence-electron chi connectivity index (χ2n) is 4.79. The molecule has 0 amide bonds. The normalized spacial score (nSPS) is 12.2. The van der Waals surface area contributed by atoms with Crippen molar-refractivity contribution in [1.82, 2.24) is 5.32 Å². The highest BCUT2D eigenvalue weighted by Gasteiger charge is 2.19. The number of halogens is 2. The van der Waals surface area contributed by atoms with Crippen LogP contribution in [0.25, 0.3) is 0 Å². The molecule has 21 heavy (non-hydrogen) atoms. The molecule has 2 aromatic rings. The Morgan fingerprint density at radius 2 is 1.95 bits per heavy atom. The van der Waals surface area contributed by atoms with Crippen molar-refractivity contribution >= 4 is 34.2 Å². The van der Waals surface area contributed by atoms with Crippen LogP contribution in [0, 0.1) is 3.57 Å². The summed E-state index contributed by atoms with van der Waals surface area (Å²) in [5, 5.41) is 4.35. The molecule has 0 spiro atoms. The molecule has 0 bridgehead atoms. The van der Waals surface area contributed by atoms with Gasteiger partial charge >= 0.3 is 0 Å². The van der Waals surface area contributed by atoms with Crippen LogP contribution in [0.1, 0.15) is 30.5 Å². The minimum absolute atomic E-state index is 0.0756. The number of hydrogen-bond donors (Lipinski definition) is 1. The molecule has 112 valence electrons. The predicted octanol–water partition coefficient (Wildman–Crippen LogP) is 5.04. The highest BCUT2D eigenvalue weighted by atomic mass is 127. The van der Waals surface area contributed by atoms with Gasteiger partial charge in [0.25, 0.3) is 0 Å². The van der Waals surface area contributed by atoms with E-state index >= 15 is 0 Å². The third-order valence-corrected chi connectivity index (χ3v) is 4.53. The second kappa shape index (κ2) is 8.01. The van der Waals surface area contributed by atoms with Crippen LogP contribution in [-0.2, 0) is 0 Å². The molecular formula is C17H19ClINO. The smallest absolute Gasteiger partial charge is 0.123 e. The van der Waals surface area contributed by atoms with E-state index < -0.39 is 0 Å². The molecule has 0 aromatic heterocycles. The van der Waals surface area contributed by atoms with Crippen LogP contribution in [0.3, 0.4) is 0 Å². The molecule has 1 unspecified atom stereocenters. The van der Waals surface area contributed by atoms with Crippen molar-refractivity contribution in [2.75, 3.05) is 13.7 Å². The van der Waals surface area contributed by atoms with E-state index in [1.165, 1.54) is 9.13 Å². The molecule has 0 fully saturated rings. The molecule has 0 radical (unpaired) electrons. The highest BCUT2D eigenvalue weighted by Crippen LogP contribution is 2.33. The van der Waals surface area contributed by atoms with Crippen molar-refractivity contribution in [1.29, 1.82) is 0 Å². The first-order chi connectivity index (χ1) is 10.2. The van der Waals surface area contributed by atoms with E-state index in [9.17, 15) is 0 Å². The number of ether oxygens (including phenoxy) is 1. The van der Waals surface area contributed by atoms with Crippen LogP contribution < -0.4 is 10.1 Å². The summed E-state index contributed by atoms with van der Waals surface area (Å²) in [7, 11) is 1.71. The Morgan fingerprint density at radius 1 is 1.19 bits per heavy atom. The summed E-state index contributed by atoms with van der Waals surface area (Å²) in [6, 6.07) is 14.2. The molecule has 1 N–H and O–H groups in total. The zero-order chi connectivity index (χ0) is 15.2. The Labute approximate surface area is 145 Å². The Kier molecular flexibility index (Phi) is 6.33. The van der Waals surface area contributed by atoms with Gasteiger partial charge in [-0.15, -0.1) is 0 Å². The van der Waals surface area contributed by atoms with Crippen LogP contribution in [0.15, 0.2) is 42.5 Å². The van der Waals surface area contributed by atoms with Crippen molar-refractivity contribution in [2.45, 2.75) is 19.4 Å². The fraction of sp³-hybridized carbons (Fsp3) is 0.294. The topological polar surface area (TPSA) is 21.3 Å². The summed E-state index contributed by atoms with van der Waals surface area (Å²) in [6.07, 6.45) is 1.07. The van der Waals surface area contributed by atoms with Crippen LogP contribution >= 0.6 is 34.2 Å². The monoisotopic (exact) mass is 415 g/mol. The van der Waals surface area contributed by atoms with Gasteiger partial charge in [0.1, 0.15) is 5.75 Å². The van der Waals surface area contributed by atoms with Crippen molar-refractivity contribution < 1.29 is 4.74 Å². The molecule has 2 aromatic carbocycles. The molecule has 0 saturated heterocycles. The zero-order valence-electron chi connectivity index (χ0n) is 12.2. The molecule has 2 rings (SSSR count). The summed E-state index contributed by atoms with van der Waals surface area (Å²) >= 11 is 8.55. The lowest BCUT2D eigenvalue weighted by Crippen LogP contribution is -2.24. The van der Waals surface area contributed by atoms with Gasteiger partial charge in [0.15, 0.2) is 0 Å². The summed E-state index contributed by atoms with van der Waals surface area (Å²) < 4.78 is 6.71. The Balaban J connectivity index is 2.49. The maximum Gasteiger partial charge on any atom is 0.123 e. The van der Waals surface area contributed by atoms with Crippen LogP contribution in [0.5, 0.6) is 5.75 Å². The Morgan fingerprint density at radius 3 is 2.67 bits per heavy atom. The van der Waals surface area contributed by atoms with Crippen LogP contribution in [0.4, 0.5) is 0 Å². The highest BCUT2D eigenvalue weighted by molar-refractivity contribution is 14.1. The number of rotatable bonds is 6. The van der Waals surface area contributed by atoms with Gasteiger partial charge < -0.3 is 10.1 Å². The predicted molar refractivity (Wildman–Crippen MR) is 97.3 cm³/mol. The fourth-order valence-corrected chi connectivity index (χ4v) is 3.14. The van der Waals surface area contributed by atoms with Gasteiger partial charge in [-0.25, -0.2) is 0 Å². The van der Waals surface area contributed by atoms with E-state index in [4.69, 9.17) is 16.3 Å². The van der Waals surface area contributed by atoms with Crippen molar-refractivity contribution in [3.05, 3.63) is 62.2 Å². The van der Waals surface area contributed by atoms with E-state index in [1.807, 2.05) is 36.4 Å². The first kappa shape index (κ1) is 16.6. The number of nitrogens with one attached hydrogen (secondary N) is 1. The minimum atomic E-state index is 0.0756. The van der Waals surface area contributed by atoms with Gasteiger partial charge in [-0.3, -0.25) is 0 Å². The maximum absolute atomic E-state index is 6.19. The largest absolute Gasteiger partial charge is 0.496 e. The lowest BCUT2D eigenvalue weighted by atomic mass is 9.97. The van der Waals surface area contributed by atoms with Crippen LogP contribution in [0.2, 0.25) is 5.02 Å². The van der Waals surface area contributed by atoms with Crippen LogP contribution in [-0.4, -0.2) is 13.7 Å². The van der Waals surface area contributed by atoms with E-state index in [1.54, 1.807) is 7.11 Å². The summed E-state index contributed by atoms with van der Waals surface area (Å²) in [5.74, 6) is 0.891. The zero-order valence-corrected chi connectivity index (χ0v) is 15.1. The number of methoxy groups -OCH3 is 1. The van der Waals surface area contributed by atoms with Crippen molar-refractivity contribution in [2.24, 2.45) is 0 Å². The van der Waals surface area contributed by atoms with Gasteiger partial charge in [0.05, 0.1) is 13.2 Å². The van der Waals surface area contributed by atoms with E-state index in [0.717, 1.165) is 29.3 Å². The Bertz CT molecular complexity index is 603. The lowest BCUT2D eigenvalue weighted by Gasteiger charge is -2.23. The molecule has 0 aliphatic rings. The lowest BCUT2D eigenvalue weighted by molar-refractivity contribution is 0.403. The number of benzene rings is 2. The second-order valence-corrected chi connectivity index (χ2v) is 6.39. The standard InChI is InChI=1S/C17H19ClINO/c1-3-10-20-17(13-6-4-5-7-16(13)21-2)14-11-12(18)8-9-15(14)19/h4-9,11,17,20H,3,10H2,1-2H3. The average molecular weight is 416 g/mol. The minimum Gasteiger partial charge on any atom is -0.496 e.